The lowest BCUT2D eigenvalue weighted by atomic mass is 9.77. The highest BCUT2D eigenvalue weighted by Gasteiger charge is 2.42. The number of aliphatic hydroxyl groups is 1. The molecule has 1 atom stereocenters. The van der Waals surface area contributed by atoms with E-state index in [1.54, 1.807) is 24.3 Å². The van der Waals surface area contributed by atoms with E-state index in [4.69, 9.17) is 11.6 Å². The van der Waals surface area contributed by atoms with Crippen LogP contribution in [0.3, 0.4) is 0 Å². The molecule has 0 unspecified atom stereocenters. The van der Waals surface area contributed by atoms with Crippen molar-refractivity contribution in [2.75, 3.05) is 0 Å². The fourth-order valence-electron chi connectivity index (χ4n) is 3.00. The van der Waals surface area contributed by atoms with Gasteiger partial charge in [-0.1, -0.05) is 49.4 Å². The third kappa shape index (κ3) is 3.28. The van der Waals surface area contributed by atoms with Crippen LogP contribution in [0.15, 0.2) is 24.3 Å². The predicted molar refractivity (Wildman–Crippen MR) is 74.5 cm³/mol. The van der Waals surface area contributed by atoms with Gasteiger partial charge in [0.05, 0.1) is 5.60 Å². The van der Waals surface area contributed by atoms with Crippen molar-refractivity contribution < 1.29 is 15.0 Å². The minimum absolute atomic E-state index is 0.501. The maximum atomic E-state index is 11.6. The van der Waals surface area contributed by atoms with Crippen LogP contribution >= 0.6 is 11.6 Å². The highest BCUT2D eigenvalue weighted by Crippen LogP contribution is 2.39. The Kier molecular flexibility index (Phi) is 4.48. The first kappa shape index (κ1) is 14.4. The minimum atomic E-state index is -1.16. The molecule has 104 valence electrons. The summed E-state index contributed by atoms with van der Waals surface area (Å²) in [6, 6.07) is 6.81. The Morgan fingerprint density at radius 1 is 1.21 bits per heavy atom. The van der Waals surface area contributed by atoms with Crippen LogP contribution in [0.5, 0.6) is 0 Å². The molecule has 19 heavy (non-hydrogen) atoms. The van der Waals surface area contributed by atoms with E-state index < -0.39 is 17.5 Å². The number of benzene rings is 1. The van der Waals surface area contributed by atoms with Crippen LogP contribution in [-0.2, 0) is 4.79 Å². The van der Waals surface area contributed by atoms with Crippen LogP contribution in [0.2, 0.25) is 5.02 Å². The molecule has 0 radical (unpaired) electrons. The molecule has 2 rings (SSSR count). The number of carboxylic acids is 1. The van der Waals surface area contributed by atoms with Gasteiger partial charge >= 0.3 is 5.97 Å². The Morgan fingerprint density at radius 3 is 2.37 bits per heavy atom. The summed E-state index contributed by atoms with van der Waals surface area (Å²) in [5.41, 5.74) is -0.572. The van der Waals surface area contributed by atoms with Gasteiger partial charge in [0.1, 0.15) is 5.92 Å². The van der Waals surface area contributed by atoms with E-state index in [1.165, 1.54) is 0 Å². The summed E-state index contributed by atoms with van der Waals surface area (Å²) in [5.74, 6) is -1.88. The van der Waals surface area contributed by atoms with Crippen molar-refractivity contribution in [3.8, 4) is 0 Å². The van der Waals surface area contributed by atoms with Gasteiger partial charge < -0.3 is 10.2 Å². The average Bonchev–Trinajstić information content (AvgIpc) is 2.54. The van der Waals surface area contributed by atoms with Gasteiger partial charge in [0.2, 0.25) is 0 Å². The van der Waals surface area contributed by atoms with E-state index in [0.29, 0.717) is 23.4 Å². The lowest BCUT2D eigenvalue weighted by Crippen LogP contribution is -2.40. The van der Waals surface area contributed by atoms with Gasteiger partial charge in [-0.15, -0.1) is 0 Å². The second kappa shape index (κ2) is 5.93. The first-order valence-corrected chi connectivity index (χ1v) is 7.11. The lowest BCUT2D eigenvalue weighted by molar-refractivity contribution is -0.146. The molecule has 2 N–H and O–H groups in total. The zero-order valence-corrected chi connectivity index (χ0v) is 11.6. The van der Waals surface area contributed by atoms with E-state index in [0.717, 1.165) is 25.7 Å². The minimum Gasteiger partial charge on any atom is -0.481 e. The molecule has 0 bridgehead atoms. The average molecular weight is 283 g/mol. The zero-order valence-electron chi connectivity index (χ0n) is 10.8. The van der Waals surface area contributed by atoms with Gasteiger partial charge in [0.15, 0.2) is 0 Å². The number of carbonyl (C=O) groups is 1. The lowest BCUT2D eigenvalue weighted by Gasteiger charge is -2.33. The van der Waals surface area contributed by atoms with Gasteiger partial charge in [-0.3, -0.25) is 4.79 Å². The first-order chi connectivity index (χ1) is 9.03. The Balaban J connectivity index is 2.36. The van der Waals surface area contributed by atoms with Gasteiger partial charge in [-0.2, -0.15) is 0 Å². The molecule has 1 saturated carbocycles. The zero-order chi connectivity index (χ0) is 13.9. The normalized spacial score (nSPS) is 20.5. The largest absolute Gasteiger partial charge is 0.481 e. The van der Waals surface area contributed by atoms with Crippen LogP contribution in [0.1, 0.15) is 50.0 Å². The molecular weight excluding hydrogens is 264 g/mol. The molecule has 0 aromatic heterocycles. The third-order valence-corrected chi connectivity index (χ3v) is 4.17. The Morgan fingerprint density at radius 2 is 1.84 bits per heavy atom. The summed E-state index contributed by atoms with van der Waals surface area (Å²) in [6.07, 6.45) is 4.95. The van der Waals surface area contributed by atoms with E-state index in [1.807, 2.05) is 0 Å². The Bertz CT molecular complexity index is 450. The van der Waals surface area contributed by atoms with Crippen molar-refractivity contribution in [2.24, 2.45) is 0 Å². The monoisotopic (exact) mass is 282 g/mol. The molecule has 1 aliphatic carbocycles. The van der Waals surface area contributed by atoms with Gasteiger partial charge in [0.25, 0.3) is 0 Å². The van der Waals surface area contributed by atoms with Crippen molar-refractivity contribution in [3.05, 3.63) is 34.9 Å². The fourth-order valence-corrected chi connectivity index (χ4v) is 3.20. The molecule has 3 nitrogen and oxygen atoms in total. The summed E-state index contributed by atoms with van der Waals surface area (Å²) in [7, 11) is 0. The quantitative estimate of drug-likeness (QED) is 0.833. The van der Waals surface area contributed by atoms with Crippen molar-refractivity contribution in [3.63, 3.8) is 0 Å². The number of carboxylic acid groups (broad SMARTS) is 1. The van der Waals surface area contributed by atoms with Crippen molar-refractivity contribution in [2.45, 2.75) is 50.0 Å². The maximum absolute atomic E-state index is 11.6. The predicted octanol–water partition coefficient (Wildman–Crippen LogP) is 3.59. The number of aliphatic carboxylic acids is 1. The molecule has 1 aromatic carbocycles. The number of hydrogen-bond acceptors (Lipinski definition) is 2. The molecule has 0 aliphatic heterocycles. The van der Waals surface area contributed by atoms with Crippen LogP contribution in [0, 0.1) is 0 Å². The SMILES string of the molecule is O=C(O)[C@H](c1cccc(Cl)c1)C1(O)CCCCCC1. The van der Waals surface area contributed by atoms with Gasteiger partial charge in [0, 0.05) is 5.02 Å². The van der Waals surface area contributed by atoms with E-state index in [2.05, 4.69) is 0 Å². The molecule has 0 saturated heterocycles. The number of hydrogen-bond donors (Lipinski definition) is 2. The molecule has 1 aromatic rings. The second-order valence-electron chi connectivity index (χ2n) is 5.34. The van der Waals surface area contributed by atoms with Crippen LogP contribution in [-0.4, -0.2) is 21.8 Å². The highest BCUT2D eigenvalue weighted by molar-refractivity contribution is 6.30. The van der Waals surface area contributed by atoms with E-state index in [9.17, 15) is 15.0 Å². The molecule has 1 aliphatic rings. The standard InChI is InChI=1S/C15H19ClO3/c16-12-7-5-6-11(10-12)13(14(17)18)15(19)8-3-1-2-4-9-15/h5-7,10,13,19H,1-4,8-9H2,(H,17,18)/t13-/m0/s1. The smallest absolute Gasteiger partial charge is 0.313 e. The summed E-state index contributed by atoms with van der Waals surface area (Å²) in [5, 5.41) is 20.8. The summed E-state index contributed by atoms with van der Waals surface area (Å²) in [6.45, 7) is 0. The van der Waals surface area contributed by atoms with Crippen LogP contribution in [0.25, 0.3) is 0 Å². The van der Waals surface area contributed by atoms with E-state index in [-0.39, 0.29) is 0 Å². The molecule has 0 heterocycles. The number of halogens is 1. The molecular formula is C15H19ClO3. The molecule has 0 spiro atoms. The first-order valence-electron chi connectivity index (χ1n) is 6.73. The third-order valence-electron chi connectivity index (χ3n) is 3.94. The molecule has 0 amide bonds. The van der Waals surface area contributed by atoms with Crippen molar-refractivity contribution in [1.82, 2.24) is 0 Å². The summed E-state index contributed by atoms with van der Waals surface area (Å²) in [4.78, 5) is 11.6. The Labute approximate surface area is 118 Å². The fraction of sp³-hybridized carbons (Fsp3) is 0.533. The van der Waals surface area contributed by atoms with Gasteiger partial charge in [-0.25, -0.2) is 0 Å². The maximum Gasteiger partial charge on any atom is 0.313 e. The van der Waals surface area contributed by atoms with Crippen molar-refractivity contribution >= 4 is 17.6 Å². The topological polar surface area (TPSA) is 57.5 Å². The molecule has 1 fully saturated rings. The summed E-state index contributed by atoms with van der Waals surface area (Å²) >= 11 is 5.94. The van der Waals surface area contributed by atoms with Gasteiger partial charge in [-0.05, 0) is 30.5 Å². The molecule has 4 heteroatoms. The van der Waals surface area contributed by atoms with E-state index >= 15 is 0 Å². The Hall–Kier alpha value is -1.06. The van der Waals surface area contributed by atoms with Crippen LogP contribution in [0.4, 0.5) is 0 Å². The second-order valence-corrected chi connectivity index (χ2v) is 5.78. The highest BCUT2D eigenvalue weighted by atomic mass is 35.5. The van der Waals surface area contributed by atoms with Crippen molar-refractivity contribution in [1.29, 1.82) is 0 Å². The summed E-state index contributed by atoms with van der Waals surface area (Å²) < 4.78 is 0. The van der Waals surface area contributed by atoms with Crippen LogP contribution < -0.4 is 0 Å². The number of rotatable bonds is 3.